The third-order valence-electron chi connectivity index (χ3n) is 2.04. The molecule has 4 N–H and O–H groups in total. The van der Waals surface area contributed by atoms with Crippen molar-refractivity contribution in [2.45, 2.75) is 46.5 Å². The molecule has 0 amide bonds. The topological polar surface area (TPSA) is 149 Å². The second-order valence-corrected chi connectivity index (χ2v) is 4.67. The minimum atomic E-state index is -1.06. The fraction of sp³-hybridized carbons (Fsp3) is 0.714. The van der Waals surface area contributed by atoms with Crippen molar-refractivity contribution >= 4 is 23.5 Å². The first-order chi connectivity index (χ1) is 10.1. The molecule has 0 fully saturated rings. The molecule has 0 aromatic rings. The molecule has 0 spiro atoms. The smallest absolute Gasteiger partial charge is 0.310 e. The van der Waals surface area contributed by atoms with Gasteiger partial charge in [-0.05, 0) is 32.6 Å². The summed E-state index contributed by atoms with van der Waals surface area (Å²) in [4.78, 5) is 38.9. The number of carbonyl (C=O) groups is 4. The van der Waals surface area contributed by atoms with E-state index in [2.05, 4.69) is 0 Å². The summed E-state index contributed by atoms with van der Waals surface area (Å²) >= 11 is 0. The van der Waals surface area contributed by atoms with Gasteiger partial charge in [0.05, 0.1) is 0 Å². The molecule has 8 heteroatoms. The number of ketones is 2. The minimum Gasteiger partial charge on any atom is -0.481 e. The number of carboxylic acid groups (broad SMARTS) is 2. The van der Waals surface area contributed by atoms with Gasteiger partial charge in [0.25, 0.3) is 0 Å². The number of carboxylic acids is 2. The Hall–Kier alpha value is -1.80. The lowest BCUT2D eigenvalue weighted by atomic mass is 10.1. The summed E-state index contributed by atoms with van der Waals surface area (Å²) in [5, 5.41) is 32.5. The molecule has 0 aliphatic heterocycles. The van der Waals surface area contributed by atoms with Crippen LogP contribution in [0.3, 0.4) is 0 Å². The zero-order valence-electron chi connectivity index (χ0n) is 13.2. The maximum atomic E-state index is 9.87. The van der Waals surface area contributed by atoms with Crippen LogP contribution in [0.2, 0.25) is 0 Å². The fourth-order valence-electron chi connectivity index (χ4n) is 1.01. The van der Waals surface area contributed by atoms with Gasteiger partial charge in [-0.25, -0.2) is 0 Å². The third-order valence-corrected chi connectivity index (χ3v) is 2.04. The van der Waals surface area contributed by atoms with Crippen LogP contribution < -0.4 is 0 Å². The van der Waals surface area contributed by atoms with Crippen molar-refractivity contribution in [1.29, 1.82) is 0 Å². The Bertz CT molecular complexity index is 282. The summed E-state index contributed by atoms with van der Waals surface area (Å²) in [5.74, 6) is -2.29. The first-order valence-electron chi connectivity index (χ1n) is 6.70. The van der Waals surface area contributed by atoms with Gasteiger partial charge in [0.2, 0.25) is 0 Å². The molecular weight excluding hydrogens is 296 g/mol. The van der Waals surface area contributed by atoms with E-state index in [4.69, 9.17) is 20.4 Å². The van der Waals surface area contributed by atoms with Gasteiger partial charge in [0.1, 0.15) is 24.4 Å². The molecule has 0 atom stereocenters. The highest BCUT2D eigenvalue weighted by atomic mass is 16.4. The average molecular weight is 322 g/mol. The number of carbonyl (C=O) groups excluding carboxylic acids is 2. The Morgan fingerprint density at radius 3 is 1.14 bits per heavy atom. The Labute approximate surface area is 129 Å². The number of Topliss-reactive ketones (excluding diaryl/α,β-unsaturated/α-hetero) is 2. The Morgan fingerprint density at radius 1 is 0.773 bits per heavy atom. The van der Waals surface area contributed by atoms with Crippen molar-refractivity contribution in [2.75, 3.05) is 13.2 Å². The Balaban J connectivity index is -0.000000247. The van der Waals surface area contributed by atoms with Gasteiger partial charge in [0.15, 0.2) is 0 Å². The predicted molar refractivity (Wildman–Crippen MR) is 78.4 cm³/mol. The number of hydrogen-bond donors (Lipinski definition) is 4. The molecule has 130 valence electrons. The molecule has 0 rings (SSSR count). The normalized spacial score (nSPS) is 9.00. The average Bonchev–Trinajstić information content (AvgIpc) is 2.26. The van der Waals surface area contributed by atoms with E-state index >= 15 is 0 Å². The summed E-state index contributed by atoms with van der Waals surface area (Å²) in [5.41, 5.74) is 0. The van der Waals surface area contributed by atoms with Crippen LogP contribution in [-0.2, 0) is 19.2 Å². The molecule has 0 saturated carbocycles. The SMILES string of the molecule is CC(=O)CC(=O)O.CC(=O)CC(=O)O.CC(CCO)CCO. The second kappa shape index (κ2) is 17.3. The summed E-state index contributed by atoms with van der Waals surface area (Å²) in [7, 11) is 0. The predicted octanol–water partition coefficient (Wildman–Crippen LogP) is 0.487. The van der Waals surface area contributed by atoms with Crippen LogP contribution in [0.25, 0.3) is 0 Å². The van der Waals surface area contributed by atoms with E-state index in [9.17, 15) is 19.2 Å². The van der Waals surface area contributed by atoms with Gasteiger partial charge >= 0.3 is 11.9 Å². The largest absolute Gasteiger partial charge is 0.481 e. The Kier molecular flexibility index (Phi) is 19.7. The van der Waals surface area contributed by atoms with Crippen LogP contribution in [-0.4, -0.2) is 57.1 Å². The third kappa shape index (κ3) is 36.2. The lowest BCUT2D eigenvalue weighted by molar-refractivity contribution is -0.141. The molecule has 0 aliphatic rings. The quantitative estimate of drug-likeness (QED) is 0.471. The molecule has 0 bridgehead atoms. The lowest BCUT2D eigenvalue weighted by Gasteiger charge is -2.04. The van der Waals surface area contributed by atoms with E-state index in [-0.39, 0.29) is 37.6 Å². The lowest BCUT2D eigenvalue weighted by Crippen LogP contribution is -2.00. The fourth-order valence-corrected chi connectivity index (χ4v) is 1.01. The van der Waals surface area contributed by atoms with Crippen molar-refractivity contribution in [3.8, 4) is 0 Å². The molecule has 0 unspecified atom stereocenters. The van der Waals surface area contributed by atoms with Gasteiger partial charge in [0, 0.05) is 13.2 Å². The first kappa shape index (κ1) is 25.2. The molecule has 0 aromatic carbocycles. The number of aliphatic hydroxyl groups excluding tert-OH is 2. The van der Waals surface area contributed by atoms with Crippen molar-refractivity contribution < 1.29 is 39.6 Å². The van der Waals surface area contributed by atoms with E-state index in [1.54, 1.807) is 0 Å². The van der Waals surface area contributed by atoms with Gasteiger partial charge < -0.3 is 20.4 Å². The van der Waals surface area contributed by atoms with Crippen LogP contribution in [0.5, 0.6) is 0 Å². The van der Waals surface area contributed by atoms with E-state index in [0.29, 0.717) is 5.92 Å². The highest BCUT2D eigenvalue weighted by molar-refractivity contribution is 5.93. The highest BCUT2D eigenvalue weighted by Crippen LogP contribution is 2.03. The highest BCUT2D eigenvalue weighted by Gasteiger charge is 1.99. The molecule has 0 saturated heterocycles. The van der Waals surface area contributed by atoms with Crippen LogP contribution in [0, 0.1) is 5.92 Å². The number of aliphatic hydroxyl groups is 2. The maximum absolute atomic E-state index is 9.87. The van der Waals surface area contributed by atoms with E-state index in [1.807, 2.05) is 6.92 Å². The molecule has 22 heavy (non-hydrogen) atoms. The van der Waals surface area contributed by atoms with Crippen molar-refractivity contribution in [2.24, 2.45) is 5.92 Å². The molecule has 0 aromatic heterocycles. The maximum Gasteiger partial charge on any atom is 0.310 e. The van der Waals surface area contributed by atoms with Crippen molar-refractivity contribution in [1.82, 2.24) is 0 Å². The summed E-state index contributed by atoms with van der Waals surface area (Å²) in [6, 6.07) is 0. The van der Waals surface area contributed by atoms with Gasteiger partial charge in [-0.3, -0.25) is 19.2 Å². The van der Waals surface area contributed by atoms with Crippen molar-refractivity contribution in [3.63, 3.8) is 0 Å². The van der Waals surface area contributed by atoms with E-state index < -0.39 is 11.9 Å². The van der Waals surface area contributed by atoms with E-state index in [1.165, 1.54) is 13.8 Å². The number of hydrogen-bond acceptors (Lipinski definition) is 6. The van der Waals surface area contributed by atoms with Gasteiger partial charge in [-0.15, -0.1) is 0 Å². The number of aliphatic carboxylic acids is 2. The van der Waals surface area contributed by atoms with Crippen LogP contribution in [0.4, 0.5) is 0 Å². The zero-order valence-corrected chi connectivity index (χ0v) is 13.2. The standard InChI is InChI=1S/C6H14O2.2C4H6O3/c1-6(2-4-7)3-5-8;2*1-3(5)2-4(6)7/h6-8H,2-5H2,1H3;2*2H2,1H3,(H,6,7). The van der Waals surface area contributed by atoms with Gasteiger partial charge in [-0.2, -0.15) is 0 Å². The van der Waals surface area contributed by atoms with E-state index in [0.717, 1.165) is 12.8 Å². The monoisotopic (exact) mass is 322 g/mol. The Morgan fingerprint density at radius 2 is 1.05 bits per heavy atom. The van der Waals surface area contributed by atoms with Crippen LogP contribution >= 0.6 is 0 Å². The van der Waals surface area contributed by atoms with Gasteiger partial charge in [-0.1, -0.05) is 6.92 Å². The summed E-state index contributed by atoms with van der Waals surface area (Å²) in [6.45, 7) is 4.98. The first-order valence-corrected chi connectivity index (χ1v) is 6.70. The summed E-state index contributed by atoms with van der Waals surface area (Å²) in [6.07, 6.45) is 0.890. The number of rotatable bonds is 8. The molecule has 8 nitrogen and oxygen atoms in total. The molecule has 0 radical (unpaired) electrons. The van der Waals surface area contributed by atoms with Crippen molar-refractivity contribution in [3.05, 3.63) is 0 Å². The minimum absolute atomic E-state index is 0.237. The van der Waals surface area contributed by atoms with Crippen LogP contribution in [0.15, 0.2) is 0 Å². The molecule has 0 aliphatic carbocycles. The zero-order chi connectivity index (χ0) is 18.1. The molecular formula is C14H26O8. The second-order valence-electron chi connectivity index (χ2n) is 4.67. The van der Waals surface area contributed by atoms with Crippen LogP contribution in [0.1, 0.15) is 46.5 Å². The summed E-state index contributed by atoms with van der Waals surface area (Å²) < 4.78 is 0. The molecule has 0 heterocycles.